The van der Waals surface area contributed by atoms with Crippen molar-refractivity contribution in [1.29, 1.82) is 0 Å². The van der Waals surface area contributed by atoms with Gasteiger partial charge >= 0.3 is 5.97 Å². The van der Waals surface area contributed by atoms with Gasteiger partial charge in [-0.1, -0.05) is 70.2 Å². The molecule has 2 aromatic rings. The summed E-state index contributed by atoms with van der Waals surface area (Å²) in [5.74, 6) is 0.145. The van der Waals surface area contributed by atoms with E-state index < -0.39 is 0 Å². The van der Waals surface area contributed by atoms with E-state index in [2.05, 4.69) is 45.0 Å². The Morgan fingerprint density at radius 2 is 1.41 bits per heavy atom. The number of hydrogen-bond acceptors (Lipinski definition) is 4. The number of ether oxygens (including phenoxy) is 3. The van der Waals surface area contributed by atoms with Crippen molar-refractivity contribution in [3.05, 3.63) is 65.7 Å². The van der Waals surface area contributed by atoms with Gasteiger partial charge in [-0.05, 0) is 41.5 Å². The van der Waals surface area contributed by atoms with E-state index in [1.807, 2.05) is 25.1 Å². The molecule has 158 valence electrons. The summed E-state index contributed by atoms with van der Waals surface area (Å²) in [6.07, 6.45) is 1.68. The lowest BCUT2D eigenvalue weighted by Crippen LogP contribution is -2.19. The van der Waals surface area contributed by atoms with E-state index in [1.54, 1.807) is 12.1 Å². The molecule has 0 saturated heterocycles. The molecule has 0 bridgehead atoms. The Labute approximate surface area is 175 Å². The number of para-hydroxylation sites is 1. The van der Waals surface area contributed by atoms with Gasteiger partial charge in [0.1, 0.15) is 5.75 Å². The highest BCUT2D eigenvalue weighted by atomic mass is 16.5. The molecule has 0 N–H and O–H groups in total. The number of carbonyl (C=O) groups is 1. The Kier molecular flexibility index (Phi) is 9.36. The summed E-state index contributed by atoms with van der Waals surface area (Å²) in [5, 5.41) is 0. The Bertz CT molecular complexity index is 717. The minimum absolute atomic E-state index is 0.206. The molecule has 0 amide bonds. The van der Waals surface area contributed by atoms with E-state index in [9.17, 15) is 4.79 Å². The van der Waals surface area contributed by atoms with Crippen LogP contribution >= 0.6 is 0 Å². The van der Waals surface area contributed by atoms with Crippen LogP contribution < -0.4 is 4.74 Å². The lowest BCUT2D eigenvalue weighted by atomic mass is 9.93. The van der Waals surface area contributed by atoms with Crippen LogP contribution in [0.1, 0.15) is 51.7 Å². The molecule has 4 nitrogen and oxygen atoms in total. The summed E-state index contributed by atoms with van der Waals surface area (Å²) in [6, 6.07) is 17.4. The van der Waals surface area contributed by atoms with Crippen LogP contribution in [0.25, 0.3) is 0 Å². The monoisotopic (exact) mass is 398 g/mol. The lowest BCUT2D eigenvalue weighted by Gasteiger charge is -2.17. The lowest BCUT2D eigenvalue weighted by molar-refractivity contribution is -0.139. The first kappa shape index (κ1) is 23.1. The maximum Gasteiger partial charge on any atom is 0.314 e. The normalized spacial score (nSPS) is 12.6. The fraction of sp³-hybridized carbons (Fsp3) is 0.480. The Hall–Kier alpha value is -2.17. The molecule has 29 heavy (non-hydrogen) atoms. The van der Waals surface area contributed by atoms with Crippen LogP contribution in [0.5, 0.6) is 5.75 Å². The number of carbonyl (C=O) groups excluding carboxylic acids is 1. The Morgan fingerprint density at radius 1 is 0.862 bits per heavy atom. The third-order valence-electron chi connectivity index (χ3n) is 4.62. The van der Waals surface area contributed by atoms with Gasteiger partial charge in [-0.15, -0.1) is 0 Å². The summed E-state index contributed by atoms with van der Waals surface area (Å²) in [7, 11) is 0. The second kappa shape index (κ2) is 11.7. The average molecular weight is 399 g/mol. The highest BCUT2D eigenvalue weighted by Gasteiger charge is 2.15. The highest BCUT2D eigenvalue weighted by molar-refractivity contribution is 5.74. The summed E-state index contributed by atoms with van der Waals surface area (Å²) >= 11 is 0. The topological polar surface area (TPSA) is 44.8 Å². The van der Waals surface area contributed by atoms with Crippen LogP contribution in [0.15, 0.2) is 54.6 Å². The predicted octanol–water partition coefficient (Wildman–Crippen LogP) is 5.79. The average Bonchev–Trinajstić information content (AvgIpc) is 2.69. The van der Waals surface area contributed by atoms with Crippen LogP contribution in [0.4, 0.5) is 0 Å². The first-order valence-electron chi connectivity index (χ1n) is 10.3. The first-order valence-corrected chi connectivity index (χ1v) is 10.3. The largest absolute Gasteiger partial charge is 0.426 e. The summed E-state index contributed by atoms with van der Waals surface area (Å²) in [5.41, 5.74) is 2.58. The molecule has 0 aliphatic carbocycles. The molecule has 0 fully saturated rings. The Morgan fingerprint density at radius 3 is 1.97 bits per heavy atom. The van der Waals surface area contributed by atoms with E-state index in [1.165, 1.54) is 5.56 Å². The molecule has 0 radical (unpaired) electrons. The molecule has 4 heteroatoms. The zero-order chi connectivity index (χ0) is 21.1. The summed E-state index contributed by atoms with van der Waals surface area (Å²) in [6.45, 7) is 11.0. The fourth-order valence-electron chi connectivity index (χ4n) is 2.57. The van der Waals surface area contributed by atoms with Crippen LogP contribution in [0, 0.1) is 11.3 Å². The van der Waals surface area contributed by atoms with E-state index in [0.29, 0.717) is 37.4 Å². The molecular weight excluding hydrogens is 364 g/mol. The molecule has 0 aromatic heterocycles. The maximum absolute atomic E-state index is 12.1. The second-order valence-electron chi connectivity index (χ2n) is 8.66. The van der Waals surface area contributed by atoms with Crippen molar-refractivity contribution in [2.45, 2.75) is 53.8 Å². The van der Waals surface area contributed by atoms with Crippen LogP contribution in [0.2, 0.25) is 0 Å². The van der Waals surface area contributed by atoms with Crippen molar-refractivity contribution in [3.8, 4) is 5.75 Å². The third-order valence-corrected chi connectivity index (χ3v) is 4.62. The maximum atomic E-state index is 12.1. The third kappa shape index (κ3) is 9.73. The van der Waals surface area contributed by atoms with Crippen molar-refractivity contribution in [1.82, 2.24) is 0 Å². The van der Waals surface area contributed by atoms with Crippen molar-refractivity contribution in [2.75, 3.05) is 13.2 Å². The van der Waals surface area contributed by atoms with Crippen molar-refractivity contribution in [3.63, 3.8) is 0 Å². The highest BCUT2D eigenvalue weighted by Crippen LogP contribution is 2.18. The minimum atomic E-state index is -0.226. The van der Waals surface area contributed by atoms with Crippen molar-refractivity contribution < 1.29 is 19.0 Å². The molecule has 0 saturated carbocycles. The predicted molar refractivity (Wildman–Crippen MR) is 116 cm³/mol. The van der Waals surface area contributed by atoms with Crippen molar-refractivity contribution >= 4 is 5.97 Å². The van der Waals surface area contributed by atoms with E-state index in [-0.39, 0.29) is 11.9 Å². The van der Waals surface area contributed by atoms with Crippen LogP contribution in [-0.2, 0) is 27.5 Å². The van der Waals surface area contributed by atoms with Gasteiger partial charge in [0.05, 0.1) is 19.1 Å². The zero-order valence-electron chi connectivity index (χ0n) is 18.1. The van der Waals surface area contributed by atoms with E-state index in [0.717, 1.165) is 18.6 Å². The smallest absolute Gasteiger partial charge is 0.314 e. The van der Waals surface area contributed by atoms with Crippen LogP contribution in [0.3, 0.4) is 0 Å². The zero-order valence-corrected chi connectivity index (χ0v) is 18.1. The number of rotatable bonds is 11. The molecule has 1 atom stereocenters. The van der Waals surface area contributed by atoms with Gasteiger partial charge in [0.25, 0.3) is 0 Å². The molecule has 2 rings (SSSR count). The quantitative estimate of drug-likeness (QED) is 0.273. The molecule has 2 aromatic carbocycles. The standard InChI is InChI=1S/C25H34O4/c1-20(24(26)29-23-8-6-5-7-9-23)14-16-27-18-21-10-12-22(13-11-21)19-28-17-15-25(2,3)4/h5-13,20H,14-19H2,1-4H3. The van der Waals surface area contributed by atoms with Crippen molar-refractivity contribution in [2.24, 2.45) is 11.3 Å². The minimum Gasteiger partial charge on any atom is -0.426 e. The molecule has 0 heterocycles. The second-order valence-corrected chi connectivity index (χ2v) is 8.66. The number of esters is 1. The van der Waals surface area contributed by atoms with Crippen LogP contribution in [-0.4, -0.2) is 19.2 Å². The number of hydrogen-bond donors (Lipinski definition) is 0. The van der Waals surface area contributed by atoms with Gasteiger partial charge in [0, 0.05) is 13.2 Å². The van der Waals surface area contributed by atoms with Gasteiger partial charge in [0.15, 0.2) is 0 Å². The molecule has 0 aliphatic heterocycles. The summed E-state index contributed by atoms with van der Waals surface area (Å²) < 4.78 is 16.8. The molecule has 0 spiro atoms. The molecule has 1 unspecified atom stereocenters. The molecular formula is C25H34O4. The first-order chi connectivity index (χ1) is 13.8. The van der Waals surface area contributed by atoms with E-state index in [4.69, 9.17) is 14.2 Å². The SMILES string of the molecule is CC(CCOCc1ccc(COCCC(C)(C)C)cc1)C(=O)Oc1ccccc1. The fourth-order valence-corrected chi connectivity index (χ4v) is 2.57. The van der Waals surface area contributed by atoms with Gasteiger partial charge in [0.2, 0.25) is 0 Å². The van der Waals surface area contributed by atoms with Gasteiger partial charge in [-0.3, -0.25) is 4.79 Å². The number of benzene rings is 2. The molecule has 0 aliphatic rings. The van der Waals surface area contributed by atoms with E-state index >= 15 is 0 Å². The summed E-state index contributed by atoms with van der Waals surface area (Å²) in [4.78, 5) is 12.1. The van der Waals surface area contributed by atoms with Gasteiger partial charge < -0.3 is 14.2 Å². The van der Waals surface area contributed by atoms with Gasteiger partial charge in [-0.25, -0.2) is 0 Å². The van der Waals surface area contributed by atoms with Gasteiger partial charge in [-0.2, -0.15) is 0 Å². The Balaban J connectivity index is 1.61.